The van der Waals surface area contributed by atoms with Gasteiger partial charge in [-0.3, -0.25) is 0 Å². The molecule has 0 aliphatic heterocycles. The summed E-state index contributed by atoms with van der Waals surface area (Å²) in [6.07, 6.45) is 2.43. The largest absolute Gasteiger partial charge is 0.478 e. The average Bonchev–Trinajstić information content (AvgIpc) is 3.03. The van der Waals surface area contributed by atoms with Crippen molar-refractivity contribution in [3.05, 3.63) is 59.2 Å². The number of carbonyl (C=O) groups is 1. The average molecular weight is 345 g/mol. The molecule has 0 amide bonds. The van der Waals surface area contributed by atoms with Gasteiger partial charge in [0.05, 0.1) is 11.1 Å². The quantitative estimate of drug-likeness (QED) is 0.684. The van der Waals surface area contributed by atoms with Gasteiger partial charge >= 0.3 is 5.97 Å². The second kappa shape index (κ2) is 6.49. The molecule has 1 aromatic heterocycles. The number of H-pyrrole nitrogens is 1. The van der Waals surface area contributed by atoms with Gasteiger partial charge in [0, 0.05) is 11.6 Å². The van der Waals surface area contributed by atoms with Crippen LogP contribution in [-0.4, -0.2) is 21.0 Å². The topological polar surface area (TPSA) is 89.8 Å². The first-order valence-electron chi connectivity index (χ1n) is 8.24. The predicted molar refractivity (Wildman–Crippen MR) is 102 cm³/mol. The first-order chi connectivity index (χ1) is 12.3. The SMILES string of the molecule is CC(C)(C)c1cccc(-c2nc3c(C#N)c(/C=C/C(=O)O)ccc3[nH]2)c1. The van der Waals surface area contributed by atoms with E-state index in [1.54, 1.807) is 6.07 Å². The highest BCUT2D eigenvalue weighted by Gasteiger charge is 2.16. The summed E-state index contributed by atoms with van der Waals surface area (Å²) in [7, 11) is 0. The molecule has 0 aliphatic rings. The maximum absolute atomic E-state index is 10.7. The Bertz CT molecular complexity index is 1060. The van der Waals surface area contributed by atoms with Crippen LogP contribution in [0, 0.1) is 11.3 Å². The number of aliphatic carboxylic acids is 1. The number of benzene rings is 2. The van der Waals surface area contributed by atoms with E-state index in [1.165, 1.54) is 11.6 Å². The van der Waals surface area contributed by atoms with Crippen LogP contribution in [0.2, 0.25) is 0 Å². The third-order valence-electron chi connectivity index (χ3n) is 4.21. The third-order valence-corrected chi connectivity index (χ3v) is 4.21. The molecule has 0 atom stereocenters. The molecule has 2 aromatic carbocycles. The minimum atomic E-state index is -1.06. The van der Waals surface area contributed by atoms with E-state index >= 15 is 0 Å². The van der Waals surface area contributed by atoms with Gasteiger partial charge in [0.2, 0.25) is 0 Å². The molecule has 0 unspecified atom stereocenters. The van der Waals surface area contributed by atoms with E-state index in [-0.39, 0.29) is 5.41 Å². The zero-order valence-electron chi connectivity index (χ0n) is 14.9. The number of aromatic nitrogens is 2. The molecule has 5 nitrogen and oxygen atoms in total. The van der Waals surface area contributed by atoms with Gasteiger partial charge in [-0.15, -0.1) is 0 Å². The molecule has 5 heteroatoms. The molecule has 3 aromatic rings. The predicted octanol–water partition coefficient (Wildman–Crippen LogP) is 4.50. The number of fused-ring (bicyclic) bond motifs is 1. The number of nitriles is 1. The van der Waals surface area contributed by atoms with Crippen molar-refractivity contribution in [2.24, 2.45) is 0 Å². The number of nitrogens with zero attached hydrogens (tertiary/aromatic N) is 2. The normalized spacial score (nSPS) is 11.8. The number of carboxylic acids is 1. The number of aromatic amines is 1. The van der Waals surface area contributed by atoms with E-state index in [2.05, 4.69) is 48.9 Å². The Labute approximate surface area is 151 Å². The molecule has 0 saturated carbocycles. The van der Waals surface area contributed by atoms with Crippen LogP contribution >= 0.6 is 0 Å². The third kappa shape index (κ3) is 3.35. The summed E-state index contributed by atoms with van der Waals surface area (Å²) in [6, 6.07) is 13.8. The fraction of sp³-hybridized carbons (Fsp3) is 0.190. The second-order valence-corrected chi connectivity index (χ2v) is 7.13. The molecule has 1 heterocycles. The van der Waals surface area contributed by atoms with Gasteiger partial charge in [-0.2, -0.15) is 5.26 Å². The minimum Gasteiger partial charge on any atom is -0.478 e. The lowest BCUT2D eigenvalue weighted by molar-refractivity contribution is -0.131. The molecule has 0 aliphatic carbocycles. The molecule has 0 radical (unpaired) electrons. The number of hydrogen-bond donors (Lipinski definition) is 2. The summed E-state index contributed by atoms with van der Waals surface area (Å²) < 4.78 is 0. The Kier molecular flexibility index (Phi) is 4.35. The summed E-state index contributed by atoms with van der Waals surface area (Å²) in [5, 5.41) is 18.3. The second-order valence-electron chi connectivity index (χ2n) is 7.13. The van der Waals surface area contributed by atoms with Crippen molar-refractivity contribution in [2.45, 2.75) is 26.2 Å². The molecule has 26 heavy (non-hydrogen) atoms. The van der Waals surface area contributed by atoms with Crippen LogP contribution < -0.4 is 0 Å². The number of nitrogens with one attached hydrogen (secondary N) is 1. The van der Waals surface area contributed by atoms with E-state index in [0.717, 1.165) is 17.2 Å². The van der Waals surface area contributed by atoms with Crippen LogP contribution in [0.15, 0.2) is 42.5 Å². The lowest BCUT2D eigenvalue weighted by Crippen LogP contribution is -2.10. The highest BCUT2D eigenvalue weighted by molar-refractivity contribution is 5.91. The van der Waals surface area contributed by atoms with Gasteiger partial charge in [0.25, 0.3) is 0 Å². The highest BCUT2D eigenvalue weighted by Crippen LogP contribution is 2.29. The Balaban J connectivity index is 2.13. The van der Waals surface area contributed by atoms with Gasteiger partial charge in [0.1, 0.15) is 17.4 Å². The van der Waals surface area contributed by atoms with E-state index < -0.39 is 5.97 Å². The van der Waals surface area contributed by atoms with Gasteiger partial charge in [-0.25, -0.2) is 9.78 Å². The van der Waals surface area contributed by atoms with Crippen molar-refractivity contribution in [3.8, 4) is 17.5 Å². The van der Waals surface area contributed by atoms with E-state index in [9.17, 15) is 10.1 Å². The van der Waals surface area contributed by atoms with Crippen LogP contribution in [-0.2, 0) is 10.2 Å². The molecule has 0 saturated heterocycles. The molecule has 0 bridgehead atoms. The van der Waals surface area contributed by atoms with Crippen LogP contribution in [0.4, 0.5) is 0 Å². The monoisotopic (exact) mass is 345 g/mol. The van der Waals surface area contributed by atoms with Crippen LogP contribution in [0.5, 0.6) is 0 Å². The smallest absolute Gasteiger partial charge is 0.328 e. The van der Waals surface area contributed by atoms with Crippen LogP contribution in [0.25, 0.3) is 28.5 Å². The fourth-order valence-corrected chi connectivity index (χ4v) is 2.78. The lowest BCUT2D eigenvalue weighted by Gasteiger charge is -2.19. The maximum Gasteiger partial charge on any atom is 0.328 e. The number of rotatable bonds is 3. The van der Waals surface area contributed by atoms with Crippen molar-refractivity contribution in [1.29, 1.82) is 5.26 Å². The summed E-state index contributed by atoms with van der Waals surface area (Å²) in [5.41, 5.74) is 4.33. The van der Waals surface area contributed by atoms with Gasteiger partial charge in [-0.05, 0) is 34.8 Å². The zero-order chi connectivity index (χ0) is 18.9. The molecule has 2 N–H and O–H groups in total. The van der Waals surface area contributed by atoms with Crippen molar-refractivity contribution in [2.75, 3.05) is 0 Å². The Morgan fingerprint density at radius 3 is 2.69 bits per heavy atom. The molecule has 0 fully saturated rings. The number of hydrogen-bond acceptors (Lipinski definition) is 3. The van der Waals surface area contributed by atoms with Crippen LogP contribution in [0.1, 0.15) is 37.5 Å². The number of carboxylic acid groups (broad SMARTS) is 1. The highest BCUT2D eigenvalue weighted by atomic mass is 16.4. The van der Waals surface area contributed by atoms with Gasteiger partial charge in [-0.1, -0.05) is 45.0 Å². The standard InChI is InChI=1S/C21H19N3O2/c1-21(2,3)15-6-4-5-14(11-15)20-23-17-9-7-13(8-10-18(25)26)16(12-22)19(17)24-20/h4-11H,1-3H3,(H,23,24)(H,25,26)/b10-8+. The maximum atomic E-state index is 10.7. The number of imidazole rings is 1. The summed E-state index contributed by atoms with van der Waals surface area (Å²) in [5.74, 6) is -0.377. The van der Waals surface area contributed by atoms with E-state index in [0.29, 0.717) is 22.5 Å². The van der Waals surface area contributed by atoms with Crippen molar-refractivity contribution in [1.82, 2.24) is 9.97 Å². The Morgan fingerprint density at radius 1 is 1.27 bits per heavy atom. The molecular formula is C21H19N3O2. The van der Waals surface area contributed by atoms with Gasteiger partial charge < -0.3 is 10.1 Å². The molecule has 130 valence electrons. The first-order valence-corrected chi connectivity index (χ1v) is 8.24. The lowest BCUT2D eigenvalue weighted by atomic mass is 9.86. The minimum absolute atomic E-state index is 0.0225. The molecular weight excluding hydrogens is 326 g/mol. The molecule has 3 rings (SSSR count). The van der Waals surface area contributed by atoms with Crippen molar-refractivity contribution >= 4 is 23.1 Å². The fourth-order valence-electron chi connectivity index (χ4n) is 2.78. The summed E-state index contributed by atoms with van der Waals surface area (Å²) >= 11 is 0. The Morgan fingerprint density at radius 2 is 2.04 bits per heavy atom. The first kappa shape index (κ1) is 17.4. The molecule has 0 spiro atoms. The Hall–Kier alpha value is -3.39. The van der Waals surface area contributed by atoms with Crippen molar-refractivity contribution < 1.29 is 9.90 Å². The summed E-state index contributed by atoms with van der Waals surface area (Å²) in [6.45, 7) is 6.46. The van der Waals surface area contributed by atoms with Gasteiger partial charge in [0.15, 0.2) is 0 Å². The van der Waals surface area contributed by atoms with E-state index in [1.807, 2.05) is 18.2 Å². The zero-order valence-corrected chi connectivity index (χ0v) is 14.9. The van der Waals surface area contributed by atoms with E-state index in [4.69, 9.17) is 5.11 Å². The van der Waals surface area contributed by atoms with Crippen LogP contribution in [0.3, 0.4) is 0 Å². The van der Waals surface area contributed by atoms with Crippen molar-refractivity contribution in [3.63, 3.8) is 0 Å². The summed E-state index contributed by atoms with van der Waals surface area (Å²) in [4.78, 5) is 18.6.